The molecule has 3 nitrogen and oxygen atoms in total. The van der Waals surface area contributed by atoms with Crippen LogP contribution in [0.3, 0.4) is 0 Å². The maximum atomic E-state index is 9.86. The topological polar surface area (TPSA) is 56.8 Å². The number of hydrogen-bond donors (Lipinski definition) is 0. The molecule has 3 rings (SSSR count). The highest BCUT2D eigenvalue weighted by molar-refractivity contribution is 5.75. The van der Waals surface area contributed by atoms with Crippen LogP contribution in [0, 0.1) is 28.6 Å². The minimum Gasteiger partial charge on any atom is -0.497 e. The number of nitrogens with zero attached hydrogens (tertiary/aromatic N) is 2. The van der Waals surface area contributed by atoms with Crippen molar-refractivity contribution in [3.8, 4) is 29.0 Å². The molecule has 28 heavy (non-hydrogen) atoms. The molecular formula is C25H28N2O. The fraction of sp³-hybridized carbons (Fsp3) is 0.440. The summed E-state index contributed by atoms with van der Waals surface area (Å²) in [4.78, 5) is 0. The molecule has 0 aromatic heterocycles. The van der Waals surface area contributed by atoms with Gasteiger partial charge in [-0.1, -0.05) is 50.5 Å². The fourth-order valence-corrected chi connectivity index (χ4v) is 4.46. The van der Waals surface area contributed by atoms with Gasteiger partial charge in [0, 0.05) is 5.56 Å². The zero-order chi connectivity index (χ0) is 19.9. The van der Waals surface area contributed by atoms with E-state index in [0.29, 0.717) is 17.0 Å². The third-order valence-corrected chi connectivity index (χ3v) is 6.11. The Morgan fingerprint density at radius 1 is 0.929 bits per heavy atom. The Morgan fingerprint density at radius 2 is 1.61 bits per heavy atom. The summed E-state index contributed by atoms with van der Waals surface area (Å²) in [5.41, 5.74) is 3.88. The zero-order valence-corrected chi connectivity index (χ0v) is 16.9. The first-order valence-corrected chi connectivity index (χ1v) is 10.3. The molecule has 3 heteroatoms. The van der Waals surface area contributed by atoms with E-state index in [2.05, 4.69) is 25.1 Å². The molecule has 0 saturated heterocycles. The Balaban J connectivity index is 1.88. The monoisotopic (exact) mass is 372 g/mol. The standard InChI is InChI=1S/C25H28N2O/c1-3-4-5-18-6-8-19(9-7-18)22-14-15-23(25(17-27)24(22)16-26)20-10-12-21(28-2)13-11-20/h10-15,18-19H,3-9H2,1-2H3. The van der Waals surface area contributed by atoms with E-state index in [1.165, 1.54) is 32.1 Å². The third kappa shape index (κ3) is 4.20. The molecular weight excluding hydrogens is 344 g/mol. The maximum Gasteiger partial charge on any atom is 0.118 e. The molecule has 1 aliphatic rings. The quantitative estimate of drug-likeness (QED) is 0.576. The summed E-state index contributed by atoms with van der Waals surface area (Å²) in [6.45, 7) is 2.25. The fourth-order valence-electron chi connectivity index (χ4n) is 4.46. The second-order valence-electron chi connectivity index (χ2n) is 7.76. The van der Waals surface area contributed by atoms with E-state index in [-0.39, 0.29) is 0 Å². The smallest absolute Gasteiger partial charge is 0.118 e. The highest BCUT2D eigenvalue weighted by Gasteiger charge is 2.26. The molecule has 0 spiro atoms. The second-order valence-corrected chi connectivity index (χ2v) is 7.76. The predicted molar refractivity (Wildman–Crippen MR) is 112 cm³/mol. The van der Waals surface area contributed by atoms with Gasteiger partial charge in [-0.05, 0) is 60.8 Å². The van der Waals surface area contributed by atoms with Gasteiger partial charge in [0.1, 0.15) is 17.9 Å². The molecule has 144 valence electrons. The Kier molecular flexibility index (Phi) is 6.72. The lowest BCUT2D eigenvalue weighted by Gasteiger charge is -2.29. The molecule has 0 amide bonds. The number of benzene rings is 2. The van der Waals surface area contributed by atoms with Crippen LogP contribution in [0.5, 0.6) is 5.75 Å². The van der Waals surface area contributed by atoms with Crippen molar-refractivity contribution >= 4 is 0 Å². The Bertz CT molecular complexity index is 878. The lowest BCUT2D eigenvalue weighted by atomic mass is 9.75. The van der Waals surface area contributed by atoms with E-state index in [0.717, 1.165) is 41.2 Å². The van der Waals surface area contributed by atoms with E-state index in [9.17, 15) is 10.5 Å². The average Bonchev–Trinajstić information content (AvgIpc) is 2.77. The molecule has 2 aromatic carbocycles. The van der Waals surface area contributed by atoms with Crippen LogP contribution in [-0.4, -0.2) is 7.11 Å². The van der Waals surface area contributed by atoms with Crippen molar-refractivity contribution in [3.05, 3.63) is 53.1 Å². The van der Waals surface area contributed by atoms with E-state index >= 15 is 0 Å². The lowest BCUT2D eigenvalue weighted by Crippen LogP contribution is -2.15. The first-order valence-electron chi connectivity index (χ1n) is 10.3. The van der Waals surface area contributed by atoms with E-state index in [1.54, 1.807) is 7.11 Å². The van der Waals surface area contributed by atoms with Crippen molar-refractivity contribution in [2.75, 3.05) is 7.11 Å². The van der Waals surface area contributed by atoms with E-state index in [4.69, 9.17) is 4.74 Å². The van der Waals surface area contributed by atoms with Crippen LogP contribution in [0.15, 0.2) is 36.4 Å². The minimum atomic E-state index is 0.393. The van der Waals surface area contributed by atoms with Crippen LogP contribution >= 0.6 is 0 Å². The van der Waals surface area contributed by atoms with Crippen molar-refractivity contribution in [1.82, 2.24) is 0 Å². The number of ether oxygens (including phenoxy) is 1. The van der Waals surface area contributed by atoms with Gasteiger partial charge in [0.25, 0.3) is 0 Å². The summed E-state index contributed by atoms with van der Waals surface area (Å²) in [5.74, 6) is 2.00. The SMILES string of the molecule is CCCCC1CCC(c2ccc(-c3ccc(OC)cc3)c(C#N)c2C#N)CC1. The number of methoxy groups -OCH3 is 1. The largest absolute Gasteiger partial charge is 0.497 e. The van der Waals surface area contributed by atoms with E-state index in [1.807, 2.05) is 30.3 Å². The third-order valence-electron chi connectivity index (χ3n) is 6.11. The normalized spacial score (nSPS) is 18.9. The predicted octanol–water partition coefficient (Wildman–Crippen LogP) is 6.57. The minimum absolute atomic E-state index is 0.393. The number of hydrogen-bond acceptors (Lipinski definition) is 3. The second kappa shape index (κ2) is 9.43. The van der Waals surface area contributed by atoms with Gasteiger partial charge in [-0.3, -0.25) is 0 Å². The molecule has 0 N–H and O–H groups in total. The van der Waals surface area contributed by atoms with Crippen molar-refractivity contribution in [2.24, 2.45) is 5.92 Å². The maximum absolute atomic E-state index is 9.86. The Morgan fingerprint density at radius 3 is 2.18 bits per heavy atom. The van der Waals surface area contributed by atoms with Gasteiger partial charge in [0.05, 0.1) is 18.2 Å². The van der Waals surface area contributed by atoms with Crippen LogP contribution in [0.1, 0.15) is 74.5 Å². The molecule has 0 atom stereocenters. The van der Waals surface area contributed by atoms with Gasteiger partial charge in [-0.15, -0.1) is 0 Å². The molecule has 1 saturated carbocycles. The molecule has 1 fully saturated rings. The molecule has 2 aromatic rings. The summed E-state index contributed by atoms with van der Waals surface area (Å²) in [5, 5.41) is 19.7. The van der Waals surface area contributed by atoms with Crippen molar-refractivity contribution in [1.29, 1.82) is 10.5 Å². The molecule has 0 bridgehead atoms. The molecule has 0 unspecified atom stereocenters. The van der Waals surface area contributed by atoms with Crippen LogP contribution in [0.4, 0.5) is 0 Å². The van der Waals surface area contributed by atoms with Crippen molar-refractivity contribution < 1.29 is 4.74 Å². The molecule has 0 heterocycles. The zero-order valence-electron chi connectivity index (χ0n) is 16.9. The highest BCUT2D eigenvalue weighted by Crippen LogP contribution is 2.41. The van der Waals surface area contributed by atoms with Crippen molar-refractivity contribution in [2.45, 2.75) is 57.8 Å². The van der Waals surface area contributed by atoms with Crippen LogP contribution < -0.4 is 4.74 Å². The molecule has 0 aliphatic heterocycles. The van der Waals surface area contributed by atoms with Crippen molar-refractivity contribution in [3.63, 3.8) is 0 Å². The van der Waals surface area contributed by atoms with Gasteiger partial charge in [-0.2, -0.15) is 10.5 Å². The number of rotatable bonds is 6. The lowest BCUT2D eigenvalue weighted by molar-refractivity contribution is 0.304. The van der Waals surface area contributed by atoms with Gasteiger partial charge >= 0.3 is 0 Å². The first-order chi connectivity index (χ1) is 13.7. The average molecular weight is 373 g/mol. The van der Waals surface area contributed by atoms with Gasteiger partial charge in [0.15, 0.2) is 0 Å². The van der Waals surface area contributed by atoms with Crippen LogP contribution in [0.2, 0.25) is 0 Å². The summed E-state index contributed by atoms with van der Waals surface area (Å²) >= 11 is 0. The summed E-state index contributed by atoms with van der Waals surface area (Å²) in [7, 11) is 1.63. The number of nitriles is 2. The van der Waals surface area contributed by atoms with Crippen LogP contribution in [-0.2, 0) is 0 Å². The Hall–Kier alpha value is -2.78. The Labute approximate surface area is 168 Å². The molecule has 1 aliphatic carbocycles. The summed E-state index contributed by atoms with van der Waals surface area (Å²) < 4.78 is 5.22. The van der Waals surface area contributed by atoms with Gasteiger partial charge in [0.2, 0.25) is 0 Å². The first kappa shape index (κ1) is 20.0. The summed E-state index contributed by atoms with van der Waals surface area (Å²) in [6, 6.07) is 16.4. The summed E-state index contributed by atoms with van der Waals surface area (Å²) in [6.07, 6.45) is 8.61. The van der Waals surface area contributed by atoms with Gasteiger partial charge < -0.3 is 4.74 Å². The molecule has 0 radical (unpaired) electrons. The highest BCUT2D eigenvalue weighted by atomic mass is 16.5. The van der Waals surface area contributed by atoms with E-state index < -0.39 is 0 Å². The van der Waals surface area contributed by atoms with Crippen LogP contribution in [0.25, 0.3) is 11.1 Å². The van der Waals surface area contributed by atoms with Gasteiger partial charge in [-0.25, -0.2) is 0 Å². The number of unbranched alkanes of at least 4 members (excludes halogenated alkanes) is 1.